The summed E-state index contributed by atoms with van der Waals surface area (Å²) in [5, 5.41) is 5.34. The number of fused-ring (bicyclic) bond motifs is 3. The summed E-state index contributed by atoms with van der Waals surface area (Å²) >= 11 is 6.12. The first kappa shape index (κ1) is 16.3. The van der Waals surface area contributed by atoms with Gasteiger partial charge in [0.2, 0.25) is 0 Å². The molecule has 1 saturated heterocycles. The molecular weight excluding hydrogens is 348 g/mol. The monoisotopic (exact) mass is 368 g/mol. The van der Waals surface area contributed by atoms with Crippen LogP contribution < -0.4 is 0 Å². The summed E-state index contributed by atoms with van der Waals surface area (Å²) in [5.74, 6) is 0.280. The Kier molecular flexibility index (Phi) is 3.82. The van der Waals surface area contributed by atoms with E-state index >= 15 is 0 Å². The fourth-order valence-corrected chi connectivity index (χ4v) is 4.95. The fourth-order valence-electron chi connectivity index (χ4n) is 4.82. The minimum atomic E-state index is -0.367. The topological polar surface area (TPSA) is 34.1 Å². The second-order valence-electron chi connectivity index (χ2n) is 7.21. The Morgan fingerprint density at radius 2 is 1.81 bits per heavy atom. The molecule has 2 heterocycles. The summed E-state index contributed by atoms with van der Waals surface area (Å²) in [5.41, 5.74) is 4.34. The van der Waals surface area contributed by atoms with Crippen LogP contribution in [0.15, 0.2) is 53.7 Å². The van der Waals surface area contributed by atoms with Crippen LogP contribution in [-0.2, 0) is 15.1 Å². The Labute approximate surface area is 158 Å². The highest BCUT2D eigenvalue weighted by molar-refractivity contribution is 6.30. The summed E-state index contributed by atoms with van der Waals surface area (Å²) < 4.78 is 5.64. The van der Waals surface area contributed by atoms with Gasteiger partial charge in [-0.15, -0.1) is 0 Å². The molecule has 0 saturated carbocycles. The van der Waals surface area contributed by atoms with Crippen molar-refractivity contribution >= 4 is 17.3 Å². The Balaban J connectivity index is 1.72. The molecule has 134 valence electrons. The van der Waals surface area contributed by atoms with Gasteiger partial charge in [-0.3, -0.25) is 4.90 Å². The second-order valence-corrected chi connectivity index (χ2v) is 7.65. The molecule has 0 unspecified atom stereocenters. The zero-order valence-electron chi connectivity index (χ0n) is 14.7. The lowest BCUT2D eigenvalue weighted by Crippen LogP contribution is -2.58. The molecule has 2 aromatic rings. The molecule has 0 radical (unpaired) electrons. The average molecular weight is 369 g/mol. The molecule has 4 nitrogen and oxygen atoms in total. The van der Waals surface area contributed by atoms with Gasteiger partial charge in [0.05, 0.1) is 13.2 Å². The van der Waals surface area contributed by atoms with Crippen molar-refractivity contribution < 1.29 is 9.57 Å². The Morgan fingerprint density at radius 3 is 2.58 bits per heavy atom. The number of nitrogens with zero attached hydrogens (tertiary/aromatic N) is 2. The molecule has 3 atom stereocenters. The van der Waals surface area contributed by atoms with Crippen LogP contribution in [0.2, 0.25) is 5.02 Å². The Hall–Kier alpha value is -1.88. The van der Waals surface area contributed by atoms with Crippen LogP contribution in [0.4, 0.5) is 0 Å². The lowest BCUT2D eigenvalue weighted by atomic mass is 9.79. The number of oxime groups is 1. The molecule has 3 aliphatic rings. The lowest BCUT2D eigenvalue weighted by molar-refractivity contribution is -0.0545. The van der Waals surface area contributed by atoms with Crippen molar-refractivity contribution in [2.75, 3.05) is 26.3 Å². The van der Waals surface area contributed by atoms with Crippen molar-refractivity contribution in [2.24, 2.45) is 5.16 Å². The van der Waals surface area contributed by atoms with Crippen molar-refractivity contribution in [1.82, 2.24) is 4.90 Å². The third-order valence-electron chi connectivity index (χ3n) is 5.97. The van der Waals surface area contributed by atoms with E-state index in [0.29, 0.717) is 0 Å². The van der Waals surface area contributed by atoms with Gasteiger partial charge in [-0.2, -0.15) is 0 Å². The molecule has 0 spiro atoms. The maximum Gasteiger partial charge on any atom is 0.162 e. The molecular formula is C21H21ClN2O2. The quantitative estimate of drug-likeness (QED) is 0.808. The van der Waals surface area contributed by atoms with E-state index in [-0.39, 0.29) is 17.6 Å². The summed E-state index contributed by atoms with van der Waals surface area (Å²) in [6, 6.07) is 16.6. The summed E-state index contributed by atoms with van der Waals surface area (Å²) in [4.78, 5) is 8.60. The summed E-state index contributed by atoms with van der Waals surface area (Å²) in [6.45, 7) is 5.45. The number of halogens is 1. The van der Waals surface area contributed by atoms with Gasteiger partial charge in [0.1, 0.15) is 11.3 Å². The normalized spacial score (nSPS) is 30.5. The molecule has 5 heteroatoms. The van der Waals surface area contributed by atoms with Crippen molar-refractivity contribution in [3.63, 3.8) is 0 Å². The Bertz CT molecular complexity index is 861. The maximum atomic E-state index is 6.12. The van der Waals surface area contributed by atoms with E-state index in [9.17, 15) is 0 Å². The number of ether oxygens (including phenoxy) is 1. The molecule has 0 aromatic heterocycles. The molecule has 2 aromatic carbocycles. The lowest BCUT2D eigenvalue weighted by Gasteiger charge is -2.43. The number of hydrogen-bond donors (Lipinski definition) is 0. The zero-order valence-corrected chi connectivity index (χ0v) is 15.4. The number of benzene rings is 2. The van der Waals surface area contributed by atoms with Gasteiger partial charge >= 0.3 is 0 Å². The predicted octanol–water partition coefficient (Wildman–Crippen LogP) is 3.79. The molecule has 0 bridgehead atoms. The van der Waals surface area contributed by atoms with E-state index in [4.69, 9.17) is 21.2 Å². The van der Waals surface area contributed by atoms with Crippen LogP contribution in [0.5, 0.6) is 0 Å². The largest absolute Gasteiger partial charge is 0.389 e. The minimum absolute atomic E-state index is 0.0244. The standard InChI is InChI=1S/C21H21ClN2O2/c1-14-17-4-2-3-5-18(17)21(24-10-12-25-13-11-24)19(23-26-20(14)21)15-6-8-16(22)9-7-15/h2-9,14,20H,10-13H2,1H3/t14-,20+,21-/m0/s1. The minimum Gasteiger partial charge on any atom is -0.389 e. The highest BCUT2D eigenvalue weighted by Gasteiger charge is 2.62. The van der Waals surface area contributed by atoms with Crippen LogP contribution in [-0.4, -0.2) is 43.0 Å². The first-order chi connectivity index (χ1) is 12.7. The van der Waals surface area contributed by atoms with Gasteiger partial charge in [-0.1, -0.05) is 60.1 Å². The molecule has 0 amide bonds. The van der Waals surface area contributed by atoms with Gasteiger partial charge in [-0.05, 0) is 23.3 Å². The van der Waals surface area contributed by atoms with E-state index in [0.717, 1.165) is 42.6 Å². The van der Waals surface area contributed by atoms with Crippen LogP contribution in [0, 0.1) is 0 Å². The van der Waals surface area contributed by atoms with Gasteiger partial charge in [-0.25, -0.2) is 0 Å². The highest BCUT2D eigenvalue weighted by atomic mass is 35.5. The first-order valence-electron chi connectivity index (χ1n) is 9.15. The highest BCUT2D eigenvalue weighted by Crippen LogP contribution is 2.54. The van der Waals surface area contributed by atoms with Gasteiger partial charge in [0, 0.05) is 29.6 Å². The first-order valence-corrected chi connectivity index (χ1v) is 9.53. The summed E-state index contributed by atoms with van der Waals surface area (Å²) in [7, 11) is 0. The third-order valence-corrected chi connectivity index (χ3v) is 6.23. The number of hydrogen-bond acceptors (Lipinski definition) is 4. The van der Waals surface area contributed by atoms with Crippen molar-refractivity contribution in [1.29, 1.82) is 0 Å². The molecule has 1 fully saturated rings. The van der Waals surface area contributed by atoms with E-state index in [1.54, 1.807) is 0 Å². The molecule has 5 rings (SSSR count). The summed E-state index contributed by atoms with van der Waals surface area (Å²) in [6.07, 6.45) is -0.0244. The van der Waals surface area contributed by atoms with Gasteiger partial charge < -0.3 is 9.57 Å². The van der Waals surface area contributed by atoms with Crippen molar-refractivity contribution in [3.8, 4) is 0 Å². The average Bonchev–Trinajstić information content (AvgIpc) is 3.20. The number of rotatable bonds is 2. The molecule has 2 aliphatic heterocycles. The number of morpholine rings is 1. The van der Waals surface area contributed by atoms with Crippen LogP contribution in [0.3, 0.4) is 0 Å². The molecule has 0 N–H and O–H groups in total. The van der Waals surface area contributed by atoms with E-state index < -0.39 is 0 Å². The second kappa shape index (κ2) is 6.08. The smallest absolute Gasteiger partial charge is 0.162 e. The van der Waals surface area contributed by atoms with Crippen LogP contribution >= 0.6 is 11.6 Å². The van der Waals surface area contributed by atoms with Crippen molar-refractivity contribution in [3.05, 3.63) is 70.2 Å². The van der Waals surface area contributed by atoms with E-state index in [1.165, 1.54) is 11.1 Å². The van der Waals surface area contributed by atoms with E-state index in [2.05, 4.69) is 41.2 Å². The van der Waals surface area contributed by atoms with Crippen LogP contribution in [0.1, 0.15) is 29.5 Å². The maximum absolute atomic E-state index is 6.12. The molecule has 26 heavy (non-hydrogen) atoms. The van der Waals surface area contributed by atoms with Crippen molar-refractivity contribution in [2.45, 2.75) is 24.5 Å². The SMILES string of the molecule is C[C@H]1c2ccccc2[C@]2(N3CCOCC3)C(c3ccc(Cl)cc3)=NO[C@H]12. The van der Waals surface area contributed by atoms with E-state index in [1.807, 2.05) is 24.3 Å². The predicted molar refractivity (Wildman–Crippen MR) is 102 cm³/mol. The van der Waals surface area contributed by atoms with Crippen LogP contribution in [0.25, 0.3) is 0 Å². The van der Waals surface area contributed by atoms with Gasteiger partial charge in [0.25, 0.3) is 0 Å². The molecule has 1 aliphatic carbocycles. The third kappa shape index (κ3) is 2.13. The van der Waals surface area contributed by atoms with Gasteiger partial charge in [0.15, 0.2) is 6.10 Å². The zero-order chi connectivity index (χ0) is 17.7. The Morgan fingerprint density at radius 1 is 1.08 bits per heavy atom. The fraction of sp³-hybridized carbons (Fsp3) is 0.381.